The maximum Gasteiger partial charge on any atom is 0.357 e. The Labute approximate surface area is 302 Å². The molecule has 1 fully saturated rings. The van der Waals surface area contributed by atoms with Gasteiger partial charge < -0.3 is 19.1 Å². The second kappa shape index (κ2) is 14.5. The second-order valence-corrected chi connectivity index (χ2v) is 13.3. The molecule has 1 amide bonds. The van der Waals surface area contributed by atoms with Gasteiger partial charge in [-0.2, -0.15) is 0 Å². The van der Waals surface area contributed by atoms with Gasteiger partial charge in [-0.3, -0.25) is 14.4 Å². The molecule has 0 saturated carbocycles. The number of aryl methyl sites for hydroxylation is 2. The van der Waals surface area contributed by atoms with Crippen LogP contribution in [0, 0.1) is 6.92 Å². The molecule has 3 aromatic carbocycles. The molecule has 0 N–H and O–H groups in total. The van der Waals surface area contributed by atoms with Crippen LogP contribution in [0.3, 0.4) is 0 Å². The highest BCUT2D eigenvalue weighted by Crippen LogP contribution is 2.56. The highest BCUT2D eigenvalue weighted by molar-refractivity contribution is 6.15. The number of ether oxygens (including phenoxy) is 3. The monoisotopic (exact) mass is 702 g/mol. The van der Waals surface area contributed by atoms with E-state index in [1.54, 1.807) is 12.0 Å². The van der Waals surface area contributed by atoms with Crippen LogP contribution in [0.5, 0.6) is 5.75 Å². The van der Waals surface area contributed by atoms with E-state index in [9.17, 15) is 14.4 Å². The molecule has 268 valence electrons. The number of nitrogens with zero attached hydrogens (tertiary/aromatic N) is 6. The lowest BCUT2D eigenvalue weighted by molar-refractivity contribution is -0.140. The lowest BCUT2D eigenvalue weighted by Gasteiger charge is -2.48. The summed E-state index contributed by atoms with van der Waals surface area (Å²) in [5.41, 5.74) is 4.86. The number of anilines is 1. The van der Waals surface area contributed by atoms with Gasteiger partial charge in [0, 0.05) is 30.8 Å². The smallest absolute Gasteiger partial charge is 0.357 e. The Hall–Kier alpha value is -5.78. The van der Waals surface area contributed by atoms with Gasteiger partial charge in [-0.15, -0.1) is 5.10 Å². The molecule has 0 bridgehead atoms. The first kappa shape index (κ1) is 34.7. The lowest BCUT2D eigenvalue weighted by atomic mass is 9.65. The molecule has 1 unspecified atom stereocenters. The Balaban J connectivity index is 1.18. The van der Waals surface area contributed by atoms with Crippen LogP contribution in [0.15, 0.2) is 95.3 Å². The maximum absolute atomic E-state index is 13.7. The van der Waals surface area contributed by atoms with E-state index in [0.29, 0.717) is 25.3 Å². The Morgan fingerprint density at radius 2 is 1.65 bits per heavy atom. The molecule has 1 spiro atoms. The van der Waals surface area contributed by atoms with Crippen molar-refractivity contribution in [2.24, 2.45) is 4.99 Å². The van der Waals surface area contributed by atoms with Crippen LogP contribution in [0.25, 0.3) is 11.3 Å². The third-order valence-electron chi connectivity index (χ3n) is 10.4. The topological polar surface area (TPSA) is 128 Å². The number of fused-ring (bicyclic) bond motifs is 1. The molecule has 7 rings (SSSR count). The number of piperidine rings is 1. The number of unbranched alkanes of at least 4 members (excludes halogenated alkanes) is 2. The molecule has 0 aliphatic carbocycles. The third kappa shape index (κ3) is 6.01. The average molecular weight is 703 g/mol. The van der Waals surface area contributed by atoms with Crippen molar-refractivity contribution in [2.75, 3.05) is 32.8 Å². The maximum atomic E-state index is 13.7. The number of rotatable bonds is 12. The molecular formula is C40H42N6O6. The highest BCUT2D eigenvalue weighted by Gasteiger charge is 2.63. The van der Waals surface area contributed by atoms with Crippen molar-refractivity contribution in [2.45, 2.75) is 63.6 Å². The predicted octanol–water partition coefficient (Wildman–Crippen LogP) is 5.39. The van der Waals surface area contributed by atoms with Crippen molar-refractivity contribution >= 4 is 29.4 Å². The third-order valence-corrected chi connectivity index (χ3v) is 10.4. The van der Waals surface area contributed by atoms with Gasteiger partial charge in [-0.05, 0) is 73.6 Å². The van der Waals surface area contributed by atoms with Crippen molar-refractivity contribution in [3.63, 3.8) is 0 Å². The van der Waals surface area contributed by atoms with Crippen LogP contribution in [0.1, 0.15) is 48.8 Å². The summed E-state index contributed by atoms with van der Waals surface area (Å²) in [6.07, 6.45) is 5.16. The Kier molecular flexibility index (Phi) is 9.63. The minimum absolute atomic E-state index is 0.0907. The first-order valence-electron chi connectivity index (χ1n) is 17.6. The number of amidine groups is 1. The van der Waals surface area contributed by atoms with E-state index in [4.69, 9.17) is 19.2 Å². The zero-order chi connectivity index (χ0) is 36.4. The van der Waals surface area contributed by atoms with Crippen LogP contribution in [-0.4, -0.2) is 77.5 Å². The number of amides is 1. The van der Waals surface area contributed by atoms with Crippen molar-refractivity contribution < 1.29 is 28.6 Å². The molecule has 3 aliphatic rings. The van der Waals surface area contributed by atoms with Gasteiger partial charge in [0.1, 0.15) is 17.3 Å². The average Bonchev–Trinajstić information content (AvgIpc) is 3.75. The summed E-state index contributed by atoms with van der Waals surface area (Å²) in [5.74, 6) is -0.242. The van der Waals surface area contributed by atoms with Crippen LogP contribution in [0.2, 0.25) is 0 Å². The summed E-state index contributed by atoms with van der Waals surface area (Å²) in [6.45, 7) is 3.59. The number of methoxy groups -OCH3 is 3. The molecule has 12 nitrogen and oxygen atoms in total. The van der Waals surface area contributed by atoms with Crippen LogP contribution >= 0.6 is 0 Å². The molecule has 4 aromatic rings. The molecular weight excluding hydrogens is 660 g/mol. The zero-order valence-corrected chi connectivity index (χ0v) is 29.9. The number of benzene rings is 3. The minimum atomic E-state index is -0.878. The van der Waals surface area contributed by atoms with E-state index < -0.39 is 23.4 Å². The number of hydrogen-bond acceptors (Lipinski definition) is 10. The lowest BCUT2D eigenvalue weighted by Crippen LogP contribution is -2.63. The highest BCUT2D eigenvalue weighted by atomic mass is 16.5. The van der Waals surface area contributed by atoms with Crippen molar-refractivity contribution in [1.82, 2.24) is 19.9 Å². The largest absolute Gasteiger partial charge is 0.497 e. The van der Waals surface area contributed by atoms with Crippen LogP contribution in [-0.2, 0) is 42.4 Å². The molecule has 1 aromatic heterocycles. The van der Waals surface area contributed by atoms with Gasteiger partial charge >= 0.3 is 11.9 Å². The minimum Gasteiger partial charge on any atom is -0.497 e. The van der Waals surface area contributed by atoms with Gasteiger partial charge in [0.25, 0.3) is 0 Å². The quantitative estimate of drug-likeness (QED) is 0.141. The normalized spacial score (nSPS) is 19.1. The van der Waals surface area contributed by atoms with Gasteiger partial charge in [-0.25, -0.2) is 14.6 Å². The van der Waals surface area contributed by atoms with Gasteiger partial charge in [0.2, 0.25) is 5.91 Å². The Bertz CT molecular complexity index is 2070. The van der Waals surface area contributed by atoms with E-state index in [-0.39, 0.29) is 30.1 Å². The summed E-state index contributed by atoms with van der Waals surface area (Å²) in [5, 5.41) is 8.78. The van der Waals surface area contributed by atoms with Gasteiger partial charge in [-0.1, -0.05) is 53.7 Å². The molecule has 3 aliphatic heterocycles. The number of hydrogen-bond donors (Lipinski definition) is 0. The molecule has 4 heterocycles. The number of aromatic nitrogens is 3. The summed E-state index contributed by atoms with van der Waals surface area (Å²) in [6, 6.07) is 23.0. The predicted molar refractivity (Wildman–Crippen MR) is 195 cm³/mol. The summed E-state index contributed by atoms with van der Waals surface area (Å²) in [7, 11) is 4.22. The number of carbonyl (C=O) groups excluding carboxylic acids is 3. The molecule has 2 atom stereocenters. The van der Waals surface area contributed by atoms with Gasteiger partial charge in [0.15, 0.2) is 5.70 Å². The number of likely N-dealkylation sites (tertiary alicyclic amines) is 1. The summed E-state index contributed by atoms with van der Waals surface area (Å²) >= 11 is 0. The van der Waals surface area contributed by atoms with E-state index in [2.05, 4.69) is 21.3 Å². The summed E-state index contributed by atoms with van der Waals surface area (Å²) in [4.78, 5) is 49.7. The van der Waals surface area contributed by atoms with E-state index in [0.717, 1.165) is 58.6 Å². The zero-order valence-electron chi connectivity index (χ0n) is 29.9. The number of para-hydroxylation sites is 1. The SMILES string of the molecule is COC(=O)C1=C(C(=O)OC)C2N(CCCCCn3cc(-c4ccc(OC)cc4C)nn3)c3ccccc3[C@@]23CCC(=O)N(Cc2ccccc2)C3=N1. The van der Waals surface area contributed by atoms with E-state index in [1.165, 1.54) is 14.2 Å². The van der Waals surface area contributed by atoms with Gasteiger partial charge in [0.05, 0.1) is 51.1 Å². The number of esters is 2. The van der Waals surface area contributed by atoms with Crippen LogP contribution in [0.4, 0.5) is 5.69 Å². The Morgan fingerprint density at radius 1 is 0.904 bits per heavy atom. The van der Waals surface area contributed by atoms with Crippen LogP contribution < -0.4 is 9.64 Å². The fraction of sp³-hybridized carbons (Fsp3) is 0.350. The second-order valence-electron chi connectivity index (χ2n) is 13.3. The van der Waals surface area contributed by atoms with Crippen molar-refractivity contribution in [1.29, 1.82) is 0 Å². The molecule has 52 heavy (non-hydrogen) atoms. The Morgan fingerprint density at radius 3 is 2.40 bits per heavy atom. The fourth-order valence-corrected chi connectivity index (χ4v) is 8.00. The number of aliphatic imine (C=N–C) groups is 1. The molecule has 0 radical (unpaired) electrons. The summed E-state index contributed by atoms with van der Waals surface area (Å²) < 4.78 is 17.7. The van der Waals surface area contributed by atoms with Crippen molar-refractivity contribution in [3.8, 4) is 17.0 Å². The standard InChI is InChI=1S/C40H42N6O6/c1-26-23-28(50-2)17-18-29(26)31-25-44(43-42-31)21-11-6-12-22-45-32-16-10-9-15-30(32)40-20-19-33(47)46(24-27-13-7-5-8-14-27)39(40)41-35(38(49)52-4)34(36(40)45)37(48)51-3/h5,7-10,13-18,23,25,36H,6,11-12,19-22,24H2,1-4H3/t36?,40-/m0/s1. The first-order valence-corrected chi connectivity index (χ1v) is 17.6. The van der Waals surface area contributed by atoms with E-state index >= 15 is 0 Å². The molecule has 12 heteroatoms. The van der Waals surface area contributed by atoms with Crippen molar-refractivity contribution in [3.05, 3.63) is 107 Å². The first-order chi connectivity index (χ1) is 25.3. The number of carbonyl (C=O) groups is 3. The molecule has 1 saturated heterocycles. The van der Waals surface area contributed by atoms with E-state index in [1.807, 2.05) is 84.5 Å². The fourth-order valence-electron chi connectivity index (χ4n) is 8.00.